The third-order valence-corrected chi connectivity index (χ3v) is 15.0. The van der Waals surface area contributed by atoms with E-state index < -0.39 is 40.0 Å². The summed E-state index contributed by atoms with van der Waals surface area (Å²) < 4.78 is 48.8. The minimum atomic E-state index is -3.60. The summed E-state index contributed by atoms with van der Waals surface area (Å²) in [5.41, 5.74) is 6.61. The number of carbonyl (C=O) groups is 2. The lowest BCUT2D eigenvalue weighted by Crippen LogP contribution is -2.55. The van der Waals surface area contributed by atoms with Gasteiger partial charge in [0.05, 0.1) is 17.5 Å². The van der Waals surface area contributed by atoms with Gasteiger partial charge in [0.25, 0.3) is 0 Å². The van der Waals surface area contributed by atoms with E-state index in [1.807, 2.05) is 50.2 Å². The first-order valence-corrected chi connectivity index (χ1v) is 22.4. The van der Waals surface area contributed by atoms with Gasteiger partial charge in [-0.25, -0.2) is 22.3 Å². The van der Waals surface area contributed by atoms with Crippen LogP contribution in [0.2, 0.25) is 0 Å². The average Bonchev–Trinajstić information content (AvgIpc) is 3.20. The van der Waals surface area contributed by atoms with E-state index in [1.165, 1.54) is 5.56 Å². The molecule has 3 aromatic carbocycles. The molecular formula is C47H62N2O8S. The number of hydrogen-bond donors (Lipinski definition) is 1. The van der Waals surface area contributed by atoms with Crippen LogP contribution in [0.1, 0.15) is 107 Å². The Labute approximate surface area is 345 Å². The van der Waals surface area contributed by atoms with Crippen LogP contribution in [0.4, 0.5) is 4.79 Å². The SMILES string of the molecule is C=C(C)[C@@H]1CC2(CCN(S(=O)(=O)C3CCN(C(=O)OCc4ccccc4)CC3)CC2)[C@@H](CC(C)C)O[C@H]1c1c(C)cc(-c2ccc(C(C)C)cc2)cc1OCC(=O)O. The number of aryl methyl sites for hydroxylation is 1. The number of hydrogen-bond acceptors (Lipinski definition) is 7. The van der Waals surface area contributed by atoms with Gasteiger partial charge in [0.1, 0.15) is 12.4 Å². The molecule has 0 saturated carbocycles. The van der Waals surface area contributed by atoms with Crippen molar-refractivity contribution in [1.29, 1.82) is 0 Å². The molecule has 10 nitrogen and oxygen atoms in total. The van der Waals surface area contributed by atoms with Crippen molar-refractivity contribution < 1.29 is 37.3 Å². The smallest absolute Gasteiger partial charge is 0.410 e. The van der Waals surface area contributed by atoms with Crippen LogP contribution in [0.3, 0.4) is 0 Å². The second-order valence-corrected chi connectivity index (χ2v) is 19.7. The van der Waals surface area contributed by atoms with Crippen LogP contribution in [0.15, 0.2) is 78.9 Å². The Morgan fingerprint density at radius 2 is 1.60 bits per heavy atom. The van der Waals surface area contributed by atoms with E-state index in [9.17, 15) is 23.1 Å². The third kappa shape index (κ3) is 9.80. The molecule has 0 unspecified atom stereocenters. The Hall–Kier alpha value is -4.19. The molecule has 0 aliphatic carbocycles. The van der Waals surface area contributed by atoms with E-state index >= 15 is 0 Å². The predicted molar refractivity (Wildman–Crippen MR) is 227 cm³/mol. The van der Waals surface area contributed by atoms with Gasteiger partial charge in [0.2, 0.25) is 10.0 Å². The summed E-state index contributed by atoms with van der Waals surface area (Å²) in [7, 11) is -3.60. The van der Waals surface area contributed by atoms with Crippen molar-refractivity contribution in [2.75, 3.05) is 32.8 Å². The number of likely N-dealkylation sites (tertiary alicyclic amines) is 1. The molecule has 1 amide bonds. The lowest BCUT2D eigenvalue weighted by Gasteiger charge is -2.54. The highest BCUT2D eigenvalue weighted by Crippen LogP contribution is 2.56. The number of piperidine rings is 2. The molecule has 1 spiro atoms. The van der Waals surface area contributed by atoms with Gasteiger partial charge in [-0.05, 0) is 104 Å². The summed E-state index contributed by atoms with van der Waals surface area (Å²) in [6.45, 7) is 18.4. The van der Waals surface area contributed by atoms with Crippen molar-refractivity contribution in [1.82, 2.24) is 9.21 Å². The zero-order chi connectivity index (χ0) is 41.8. The zero-order valence-corrected chi connectivity index (χ0v) is 35.9. The first-order chi connectivity index (χ1) is 27.6. The van der Waals surface area contributed by atoms with Crippen LogP contribution < -0.4 is 4.74 Å². The van der Waals surface area contributed by atoms with Crippen LogP contribution in [0, 0.1) is 24.2 Å². The Bertz CT molecular complexity index is 2010. The van der Waals surface area contributed by atoms with Gasteiger partial charge < -0.3 is 24.2 Å². The highest BCUT2D eigenvalue weighted by molar-refractivity contribution is 7.89. The van der Waals surface area contributed by atoms with Gasteiger partial charge in [0, 0.05) is 37.7 Å². The zero-order valence-electron chi connectivity index (χ0n) is 35.1. The molecule has 3 atom stereocenters. The predicted octanol–water partition coefficient (Wildman–Crippen LogP) is 9.53. The summed E-state index contributed by atoms with van der Waals surface area (Å²) in [6, 6.07) is 22.0. The van der Waals surface area contributed by atoms with Gasteiger partial charge in [-0.3, -0.25) is 0 Å². The molecular weight excluding hydrogens is 753 g/mol. The molecule has 0 radical (unpaired) electrons. The first-order valence-electron chi connectivity index (χ1n) is 20.9. The molecule has 3 saturated heterocycles. The van der Waals surface area contributed by atoms with Gasteiger partial charge >= 0.3 is 12.1 Å². The number of sulfonamides is 1. The maximum Gasteiger partial charge on any atom is 0.410 e. The second kappa shape index (κ2) is 18.4. The summed E-state index contributed by atoms with van der Waals surface area (Å²) >= 11 is 0. The number of aliphatic carboxylic acids is 1. The monoisotopic (exact) mass is 814 g/mol. The van der Waals surface area contributed by atoms with Crippen LogP contribution in [-0.2, 0) is 30.9 Å². The van der Waals surface area contributed by atoms with Crippen molar-refractivity contribution in [3.8, 4) is 16.9 Å². The maximum atomic E-state index is 14.1. The molecule has 3 aliphatic heterocycles. The van der Waals surface area contributed by atoms with E-state index in [1.54, 1.807) is 9.21 Å². The largest absolute Gasteiger partial charge is 0.481 e. The van der Waals surface area contributed by atoms with Crippen LogP contribution in [0.5, 0.6) is 5.75 Å². The number of carboxylic acid groups (broad SMARTS) is 1. The van der Waals surface area contributed by atoms with Crippen molar-refractivity contribution in [3.63, 3.8) is 0 Å². The summed E-state index contributed by atoms with van der Waals surface area (Å²) in [5, 5.41) is 9.12. The Kier molecular flexibility index (Phi) is 13.8. The quantitative estimate of drug-likeness (QED) is 0.169. The molecule has 58 heavy (non-hydrogen) atoms. The number of amides is 1. The van der Waals surface area contributed by atoms with Crippen LogP contribution in [0.25, 0.3) is 11.1 Å². The van der Waals surface area contributed by atoms with Crippen LogP contribution in [-0.4, -0.2) is 78.9 Å². The molecule has 3 aliphatic rings. The molecule has 6 rings (SSSR count). The Morgan fingerprint density at radius 1 is 0.948 bits per heavy atom. The summed E-state index contributed by atoms with van der Waals surface area (Å²) in [5.74, 6) is 0.0792. The number of carbonyl (C=O) groups excluding carboxylic acids is 1. The van der Waals surface area contributed by atoms with E-state index in [0.29, 0.717) is 69.4 Å². The number of nitrogens with zero attached hydrogens (tertiary/aromatic N) is 2. The molecule has 3 fully saturated rings. The fourth-order valence-corrected chi connectivity index (χ4v) is 11.1. The summed E-state index contributed by atoms with van der Waals surface area (Å²) in [4.78, 5) is 26.2. The van der Waals surface area contributed by atoms with Crippen LogP contribution >= 0.6 is 0 Å². The highest BCUT2D eigenvalue weighted by Gasteiger charge is 2.52. The highest BCUT2D eigenvalue weighted by atomic mass is 32.2. The van der Waals surface area contributed by atoms with E-state index in [-0.39, 0.29) is 24.0 Å². The minimum Gasteiger partial charge on any atom is -0.481 e. The average molecular weight is 815 g/mol. The van der Waals surface area contributed by atoms with Gasteiger partial charge in [-0.2, -0.15) is 0 Å². The van der Waals surface area contributed by atoms with Gasteiger partial charge in [-0.1, -0.05) is 101 Å². The standard InChI is InChI=1S/C47H62N2O8S/c1-31(2)25-42-47(19-23-49(24-20-47)58(53,54)39-17-21-48(22-18-39)46(52)56-29-35-11-9-8-10-12-35)28-40(33(5)6)45(57-42)44-34(7)26-38(27-41(44)55-30-43(50)51)37-15-13-36(14-16-37)32(3)4/h8-16,26-27,31-32,39-40,42,45H,5,17-25,28-30H2,1-4,6-7H3,(H,50,51)/t40-,42+,45+/m0/s1. The normalized spacial score (nSPS) is 21.7. The van der Waals surface area contributed by atoms with Gasteiger partial charge in [-0.15, -0.1) is 0 Å². The number of rotatable bonds is 13. The Morgan fingerprint density at radius 3 is 2.19 bits per heavy atom. The van der Waals surface area contributed by atoms with Crippen molar-refractivity contribution in [2.24, 2.45) is 17.3 Å². The number of carboxylic acids is 1. The topological polar surface area (TPSA) is 123 Å². The van der Waals surface area contributed by atoms with E-state index in [4.69, 9.17) is 14.2 Å². The van der Waals surface area contributed by atoms with Gasteiger partial charge in [0.15, 0.2) is 6.61 Å². The molecule has 3 aromatic rings. The van der Waals surface area contributed by atoms with Crippen molar-refractivity contribution in [3.05, 3.63) is 101 Å². The molecule has 3 heterocycles. The molecule has 1 N–H and O–H groups in total. The Balaban J connectivity index is 1.19. The van der Waals surface area contributed by atoms with Crippen molar-refractivity contribution in [2.45, 2.75) is 110 Å². The maximum absolute atomic E-state index is 14.1. The number of benzene rings is 3. The third-order valence-electron chi connectivity index (χ3n) is 12.6. The van der Waals surface area contributed by atoms with E-state index in [0.717, 1.165) is 46.2 Å². The summed E-state index contributed by atoms with van der Waals surface area (Å²) in [6.07, 6.45) is 2.66. The second-order valence-electron chi connectivity index (χ2n) is 17.5. The van der Waals surface area contributed by atoms with Crippen molar-refractivity contribution >= 4 is 22.1 Å². The molecule has 314 valence electrons. The molecule has 11 heteroatoms. The lowest BCUT2D eigenvalue weighted by atomic mass is 9.62. The fraction of sp³-hybridized carbons (Fsp3) is 0.532. The molecule has 0 aromatic heterocycles. The lowest BCUT2D eigenvalue weighted by molar-refractivity contribution is -0.173. The van der Waals surface area contributed by atoms with E-state index in [2.05, 4.69) is 64.6 Å². The first kappa shape index (κ1) is 43.4. The number of ether oxygens (including phenoxy) is 3. The minimum absolute atomic E-state index is 0.0976. The fourth-order valence-electron chi connectivity index (χ4n) is 9.21. The molecule has 0 bridgehead atoms.